The van der Waals surface area contributed by atoms with Gasteiger partial charge >= 0.3 is 6.18 Å². The van der Waals surface area contributed by atoms with Crippen molar-refractivity contribution in [3.05, 3.63) is 46.6 Å². The Hall–Kier alpha value is -2.77. The third-order valence-corrected chi connectivity index (χ3v) is 4.79. The van der Waals surface area contributed by atoms with Gasteiger partial charge < -0.3 is 10.6 Å². The zero-order valence-corrected chi connectivity index (χ0v) is 15.5. The highest BCUT2D eigenvalue weighted by molar-refractivity contribution is 8.00. The van der Waals surface area contributed by atoms with Gasteiger partial charge in [-0.25, -0.2) is 9.98 Å². The van der Waals surface area contributed by atoms with Crippen LogP contribution in [0.4, 0.5) is 24.5 Å². The van der Waals surface area contributed by atoms with Crippen molar-refractivity contribution in [2.45, 2.75) is 11.2 Å². The summed E-state index contributed by atoms with van der Waals surface area (Å²) in [7, 11) is 0. The maximum atomic E-state index is 13.0. The number of amides is 1. The lowest BCUT2D eigenvalue weighted by Gasteiger charge is -2.16. The number of rotatable bonds is 3. The predicted octanol–water partition coefficient (Wildman–Crippen LogP) is 3.99. The number of hydrogen-bond acceptors (Lipinski definition) is 6. The molecule has 0 radical (unpaired) electrons. The van der Waals surface area contributed by atoms with Crippen LogP contribution in [0.5, 0.6) is 0 Å². The average molecular weight is 426 g/mol. The predicted molar refractivity (Wildman–Crippen MR) is 99.9 cm³/mol. The molecule has 0 saturated heterocycles. The number of halogens is 4. The number of fused-ring (bicyclic) bond motifs is 1. The monoisotopic (exact) mass is 425 g/mol. The first-order valence-corrected chi connectivity index (χ1v) is 9.14. The minimum absolute atomic E-state index is 0.0535. The second kappa shape index (κ2) is 8.08. The number of aliphatic imine (C=N–C) groups is 1. The Bertz CT molecular complexity index is 1000. The van der Waals surface area contributed by atoms with E-state index >= 15 is 0 Å². The van der Waals surface area contributed by atoms with Crippen LogP contribution in [-0.2, 0) is 11.0 Å². The van der Waals surface area contributed by atoms with Gasteiger partial charge in [0, 0.05) is 5.69 Å². The summed E-state index contributed by atoms with van der Waals surface area (Å²) < 4.78 is 38.9. The summed E-state index contributed by atoms with van der Waals surface area (Å²) in [6.45, 7) is -0.183. The largest absolute Gasteiger partial charge is 0.417 e. The molecule has 0 bridgehead atoms. The molecule has 2 aromatic rings. The normalized spacial score (nSPS) is 13.2. The molecule has 0 spiro atoms. The second-order valence-electron chi connectivity index (χ2n) is 5.58. The van der Waals surface area contributed by atoms with E-state index in [9.17, 15) is 18.0 Å². The van der Waals surface area contributed by atoms with E-state index in [0.717, 1.165) is 12.1 Å². The zero-order valence-electron chi connectivity index (χ0n) is 14.0. The Labute approximate surface area is 166 Å². The second-order valence-corrected chi connectivity index (χ2v) is 6.93. The van der Waals surface area contributed by atoms with Crippen LogP contribution in [0.1, 0.15) is 11.1 Å². The number of nitrogens with zero attached hydrogens (tertiary/aromatic N) is 3. The lowest BCUT2D eigenvalue weighted by atomic mass is 10.1. The van der Waals surface area contributed by atoms with E-state index in [1.807, 2.05) is 0 Å². The third kappa shape index (κ3) is 4.74. The molecule has 11 heteroatoms. The Morgan fingerprint density at radius 1 is 1.32 bits per heavy atom. The minimum Gasteiger partial charge on any atom is -0.364 e. The van der Waals surface area contributed by atoms with Gasteiger partial charge in [-0.2, -0.15) is 18.4 Å². The molecule has 0 aliphatic carbocycles. The van der Waals surface area contributed by atoms with Gasteiger partial charge in [0.25, 0.3) is 0 Å². The number of carbonyl (C=O) groups excluding carboxylic acids is 1. The van der Waals surface area contributed by atoms with Crippen molar-refractivity contribution in [3.8, 4) is 6.07 Å². The van der Waals surface area contributed by atoms with Crippen LogP contribution in [-0.4, -0.2) is 29.0 Å². The van der Waals surface area contributed by atoms with Crippen LogP contribution in [0.15, 0.2) is 40.4 Å². The van der Waals surface area contributed by atoms with E-state index < -0.39 is 23.2 Å². The molecule has 1 aromatic heterocycles. The Morgan fingerprint density at radius 2 is 2.11 bits per heavy atom. The van der Waals surface area contributed by atoms with Gasteiger partial charge in [-0.1, -0.05) is 23.4 Å². The van der Waals surface area contributed by atoms with Gasteiger partial charge in [0.15, 0.2) is 0 Å². The van der Waals surface area contributed by atoms with E-state index in [4.69, 9.17) is 16.9 Å². The molecular formula is C17H11ClF3N5OS. The molecule has 2 heterocycles. The van der Waals surface area contributed by atoms with Crippen molar-refractivity contribution in [1.82, 2.24) is 10.3 Å². The van der Waals surface area contributed by atoms with Gasteiger partial charge in [-0.15, -0.1) is 0 Å². The van der Waals surface area contributed by atoms with Crippen molar-refractivity contribution in [1.29, 1.82) is 5.26 Å². The molecule has 0 saturated carbocycles. The quantitative estimate of drug-likeness (QED) is 0.726. The summed E-state index contributed by atoms with van der Waals surface area (Å²) in [5, 5.41) is 15.0. The molecule has 144 valence electrons. The number of anilines is 1. The third-order valence-electron chi connectivity index (χ3n) is 3.59. The molecule has 0 fully saturated rings. The van der Waals surface area contributed by atoms with Gasteiger partial charge in [0.1, 0.15) is 16.0 Å². The first kappa shape index (κ1) is 20.0. The lowest BCUT2D eigenvalue weighted by Crippen LogP contribution is -2.34. The number of benzene rings is 1. The van der Waals surface area contributed by atoms with Gasteiger partial charge in [-0.3, -0.25) is 4.79 Å². The number of amidine groups is 1. The number of nitriles is 1. The van der Waals surface area contributed by atoms with Crippen LogP contribution in [0.2, 0.25) is 5.15 Å². The fraction of sp³-hybridized carbons (Fsp3) is 0.176. The van der Waals surface area contributed by atoms with Crippen molar-refractivity contribution in [3.63, 3.8) is 0 Å². The van der Waals surface area contributed by atoms with E-state index in [-0.39, 0.29) is 12.2 Å². The summed E-state index contributed by atoms with van der Waals surface area (Å²) in [6.07, 6.45) is -4.69. The topological polar surface area (TPSA) is 90.2 Å². The summed E-state index contributed by atoms with van der Waals surface area (Å²) in [5.74, 6) is 0.432. The Morgan fingerprint density at radius 3 is 2.82 bits per heavy atom. The minimum atomic E-state index is -4.69. The number of hydrogen-bond donors (Lipinski definition) is 2. The molecule has 1 aliphatic heterocycles. The Kier molecular flexibility index (Phi) is 5.76. The van der Waals surface area contributed by atoms with Crippen LogP contribution in [0.3, 0.4) is 0 Å². The number of alkyl halides is 3. The molecule has 3 rings (SSSR count). The summed E-state index contributed by atoms with van der Waals surface area (Å²) >= 11 is 7.22. The van der Waals surface area contributed by atoms with Crippen LogP contribution in [0.25, 0.3) is 0 Å². The molecule has 1 aliphatic rings. The standard InChI is InChI=1S/C17H11ClF3N5OS/c18-13-4-3-12-16(26-13)28-8-14(25-12)23-7-15(27)24-10-2-1-9(6-22)11(5-10)17(19,20)21/h1-5H,7-8H2,(H,23,25)(H,24,27). The fourth-order valence-electron chi connectivity index (χ4n) is 2.35. The first-order valence-electron chi connectivity index (χ1n) is 7.78. The average Bonchev–Trinajstić information content (AvgIpc) is 2.65. The number of thioether (sulfide) groups is 1. The van der Waals surface area contributed by atoms with Crippen molar-refractivity contribution in [2.24, 2.45) is 4.99 Å². The molecular weight excluding hydrogens is 415 g/mol. The summed E-state index contributed by atoms with van der Waals surface area (Å²) in [4.78, 5) is 20.5. The fourth-order valence-corrected chi connectivity index (χ4v) is 3.41. The van der Waals surface area contributed by atoms with E-state index in [2.05, 4.69) is 20.6 Å². The SMILES string of the molecule is N#Cc1ccc(NC(=O)CNC2=Nc3ccc(Cl)nc3SC2)cc1C(F)(F)F. The highest BCUT2D eigenvalue weighted by atomic mass is 35.5. The van der Waals surface area contributed by atoms with Gasteiger partial charge in [-0.05, 0) is 30.3 Å². The molecule has 0 unspecified atom stereocenters. The van der Waals surface area contributed by atoms with Crippen LogP contribution < -0.4 is 10.6 Å². The maximum absolute atomic E-state index is 13.0. The Balaban J connectivity index is 1.64. The number of nitrogens with one attached hydrogen (secondary N) is 2. The lowest BCUT2D eigenvalue weighted by molar-refractivity contribution is -0.137. The number of pyridine rings is 1. The highest BCUT2D eigenvalue weighted by Gasteiger charge is 2.34. The first-order chi connectivity index (χ1) is 13.3. The molecule has 1 aromatic carbocycles. The van der Waals surface area contributed by atoms with Crippen molar-refractivity contribution >= 4 is 46.5 Å². The molecule has 6 nitrogen and oxygen atoms in total. The van der Waals surface area contributed by atoms with Crippen LogP contribution in [0, 0.1) is 11.3 Å². The summed E-state index contributed by atoms with van der Waals surface area (Å²) in [5.41, 5.74) is -1.05. The van der Waals surface area contributed by atoms with Gasteiger partial charge in [0.2, 0.25) is 5.91 Å². The molecule has 2 N–H and O–H groups in total. The smallest absolute Gasteiger partial charge is 0.364 e. The van der Waals surface area contributed by atoms with Crippen LogP contribution >= 0.6 is 23.4 Å². The molecule has 0 atom stereocenters. The summed E-state index contributed by atoms with van der Waals surface area (Å²) in [6, 6.07) is 7.78. The number of carbonyl (C=O) groups is 1. The van der Waals surface area contributed by atoms with E-state index in [0.29, 0.717) is 27.5 Å². The van der Waals surface area contributed by atoms with Crippen molar-refractivity contribution in [2.75, 3.05) is 17.6 Å². The van der Waals surface area contributed by atoms with E-state index in [1.165, 1.54) is 23.9 Å². The molecule has 28 heavy (non-hydrogen) atoms. The van der Waals surface area contributed by atoms with Crippen molar-refractivity contribution < 1.29 is 18.0 Å². The number of aromatic nitrogens is 1. The van der Waals surface area contributed by atoms with Gasteiger partial charge in [0.05, 0.1) is 35.2 Å². The maximum Gasteiger partial charge on any atom is 0.417 e. The van der Waals surface area contributed by atoms with E-state index in [1.54, 1.807) is 12.1 Å². The zero-order chi connectivity index (χ0) is 20.3. The molecule has 1 amide bonds. The highest BCUT2D eigenvalue weighted by Crippen LogP contribution is 2.34.